The summed E-state index contributed by atoms with van der Waals surface area (Å²) in [6.45, 7) is 1.68. The van der Waals surface area contributed by atoms with Crippen molar-refractivity contribution in [1.29, 1.82) is 0 Å². The van der Waals surface area contributed by atoms with Crippen LogP contribution in [0.5, 0.6) is 0 Å². The molecule has 2 atom stereocenters. The number of rotatable bonds is 8. The normalized spacial score (nSPS) is 16.6. The molecule has 2 amide bonds. The Labute approximate surface area is 220 Å². The molecule has 0 saturated carbocycles. The van der Waals surface area contributed by atoms with Gasteiger partial charge in [-0.2, -0.15) is 0 Å². The Balaban J connectivity index is 1.58. The van der Waals surface area contributed by atoms with Gasteiger partial charge in [0.1, 0.15) is 12.4 Å². The molecule has 0 spiro atoms. The first-order valence-electron chi connectivity index (χ1n) is 12.2. The van der Waals surface area contributed by atoms with E-state index in [1.54, 1.807) is 30.0 Å². The largest absolute Gasteiger partial charge is 0.463 e. The van der Waals surface area contributed by atoms with Crippen molar-refractivity contribution < 1.29 is 23.5 Å². The lowest BCUT2D eigenvalue weighted by molar-refractivity contribution is -0.144. The number of anilines is 1. The van der Waals surface area contributed by atoms with E-state index in [9.17, 15) is 18.8 Å². The fourth-order valence-corrected chi connectivity index (χ4v) is 4.58. The highest BCUT2D eigenvalue weighted by molar-refractivity contribution is 6.30. The van der Waals surface area contributed by atoms with Crippen LogP contribution < -0.4 is 10.2 Å². The van der Waals surface area contributed by atoms with E-state index in [0.29, 0.717) is 29.1 Å². The second kappa shape index (κ2) is 12.0. The number of nitrogens with zero attached hydrogens (tertiary/aromatic N) is 1. The molecule has 1 aliphatic rings. The molecule has 6 nitrogen and oxygen atoms in total. The van der Waals surface area contributed by atoms with Crippen LogP contribution in [-0.4, -0.2) is 30.4 Å². The number of carbonyl (C=O) groups is 3. The zero-order chi connectivity index (χ0) is 26.4. The molecule has 0 aromatic heterocycles. The highest BCUT2D eigenvalue weighted by atomic mass is 35.5. The summed E-state index contributed by atoms with van der Waals surface area (Å²) in [5, 5.41) is 3.74. The van der Waals surface area contributed by atoms with Gasteiger partial charge in [0, 0.05) is 29.1 Å². The fraction of sp³-hybridized carbons (Fsp3) is 0.276. The molecule has 1 N–H and O–H groups in total. The minimum absolute atomic E-state index is 0.0227. The van der Waals surface area contributed by atoms with E-state index in [1.807, 2.05) is 30.3 Å². The molecule has 0 bridgehead atoms. The smallest absolute Gasteiger partial charge is 0.305 e. The predicted molar refractivity (Wildman–Crippen MR) is 140 cm³/mol. The summed E-state index contributed by atoms with van der Waals surface area (Å²) in [4.78, 5) is 40.0. The predicted octanol–water partition coefficient (Wildman–Crippen LogP) is 5.64. The number of hydrogen-bond acceptors (Lipinski definition) is 4. The Morgan fingerprint density at radius 3 is 2.43 bits per heavy atom. The van der Waals surface area contributed by atoms with Gasteiger partial charge in [-0.25, -0.2) is 4.39 Å². The molecule has 192 valence electrons. The van der Waals surface area contributed by atoms with Crippen LogP contribution in [0.2, 0.25) is 5.02 Å². The number of aryl methyl sites for hydroxylation is 1. The number of para-hydroxylation sites is 1. The number of ether oxygens (including phenoxy) is 1. The summed E-state index contributed by atoms with van der Waals surface area (Å²) in [6.07, 6.45) is 1.41. The standard InChI is InChI=1S/C29H28ClFN2O4/c1-2-28(35)37-18-23-17-25(32-27(34)16-9-19-7-12-21(30)13-8-19)24-5-3-4-6-26(24)33(23)29(36)20-10-14-22(31)15-11-20/h3-8,10-15,23,25H,2,9,16-18H2,1H3,(H,32,34)/t23-,25-/m1/s1. The molecule has 0 saturated heterocycles. The number of halogens is 2. The van der Waals surface area contributed by atoms with Crippen LogP contribution in [0, 0.1) is 5.82 Å². The van der Waals surface area contributed by atoms with Crippen molar-refractivity contribution in [1.82, 2.24) is 5.32 Å². The number of carbonyl (C=O) groups excluding carboxylic acids is 3. The van der Waals surface area contributed by atoms with Gasteiger partial charge in [0.15, 0.2) is 0 Å². The van der Waals surface area contributed by atoms with E-state index in [1.165, 1.54) is 24.3 Å². The lowest BCUT2D eigenvalue weighted by atomic mass is 9.90. The van der Waals surface area contributed by atoms with Crippen LogP contribution in [0.25, 0.3) is 0 Å². The summed E-state index contributed by atoms with van der Waals surface area (Å²) in [7, 11) is 0. The summed E-state index contributed by atoms with van der Waals surface area (Å²) >= 11 is 5.94. The molecule has 0 radical (unpaired) electrons. The first-order valence-corrected chi connectivity index (χ1v) is 12.6. The minimum atomic E-state index is -0.524. The van der Waals surface area contributed by atoms with Gasteiger partial charge >= 0.3 is 5.97 Å². The SMILES string of the molecule is CCC(=O)OC[C@H]1C[C@@H](NC(=O)CCc2ccc(Cl)cc2)c2ccccc2N1C(=O)c1ccc(F)cc1. The maximum atomic E-state index is 13.6. The summed E-state index contributed by atoms with van der Waals surface area (Å²) in [6, 6.07) is 19.1. The number of hydrogen-bond donors (Lipinski definition) is 1. The van der Waals surface area contributed by atoms with E-state index < -0.39 is 11.9 Å². The van der Waals surface area contributed by atoms with Gasteiger partial charge < -0.3 is 15.0 Å². The molecule has 0 fully saturated rings. The lowest BCUT2D eigenvalue weighted by Crippen LogP contribution is -2.50. The Bertz CT molecular complexity index is 1260. The number of benzene rings is 3. The average Bonchev–Trinajstić information content (AvgIpc) is 2.91. The van der Waals surface area contributed by atoms with Crippen molar-refractivity contribution in [3.8, 4) is 0 Å². The topological polar surface area (TPSA) is 75.7 Å². The molecule has 0 unspecified atom stereocenters. The minimum Gasteiger partial charge on any atom is -0.463 e. The van der Waals surface area contributed by atoms with Crippen LogP contribution in [-0.2, 0) is 20.7 Å². The van der Waals surface area contributed by atoms with Gasteiger partial charge in [-0.15, -0.1) is 0 Å². The van der Waals surface area contributed by atoms with Crippen LogP contribution in [0.4, 0.5) is 10.1 Å². The summed E-state index contributed by atoms with van der Waals surface area (Å²) < 4.78 is 18.9. The van der Waals surface area contributed by atoms with Crippen LogP contribution in [0.15, 0.2) is 72.8 Å². The zero-order valence-electron chi connectivity index (χ0n) is 20.5. The van der Waals surface area contributed by atoms with Crippen LogP contribution in [0.1, 0.15) is 53.7 Å². The van der Waals surface area contributed by atoms with Crippen molar-refractivity contribution in [3.63, 3.8) is 0 Å². The fourth-order valence-electron chi connectivity index (χ4n) is 4.46. The summed E-state index contributed by atoms with van der Waals surface area (Å²) in [5.74, 6) is -1.28. The Kier molecular flexibility index (Phi) is 8.56. The number of esters is 1. The number of fused-ring (bicyclic) bond motifs is 1. The van der Waals surface area contributed by atoms with Gasteiger partial charge in [-0.1, -0.05) is 48.9 Å². The monoisotopic (exact) mass is 522 g/mol. The van der Waals surface area contributed by atoms with Crippen molar-refractivity contribution in [2.75, 3.05) is 11.5 Å². The first-order chi connectivity index (χ1) is 17.9. The molecule has 3 aromatic carbocycles. The molecule has 3 aromatic rings. The number of nitrogens with one attached hydrogen (secondary N) is 1. The van der Waals surface area contributed by atoms with Crippen LogP contribution >= 0.6 is 11.6 Å². The van der Waals surface area contributed by atoms with Crippen LogP contribution in [0.3, 0.4) is 0 Å². The third kappa shape index (κ3) is 6.54. The van der Waals surface area contributed by atoms with E-state index in [0.717, 1.165) is 11.1 Å². The Morgan fingerprint density at radius 1 is 1.03 bits per heavy atom. The first kappa shape index (κ1) is 26.4. The molecular weight excluding hydrogens is 495 g/mol. The maximum Gasteiger partial charge on any atom is 0.305 e. The van der Waals surface area contributed by atoms with Crippen molar-refractivity contribution in [2.24, 2.45) is 0 Å². The third-order valence-electron chi connectivity index (χ3n) is 6.37. The molecule has 37 heavy (non-hydrogen) atoms. The van der Waals surface area contributed by atoms with Crippen molar-refractivity contribution >= 4 is 35.1 Å². The van der Waals surface area contributed by atoms with Gasteiger partial charge in [0.05, 0.1) is 12.1 Å². The molecule has 0 aliphatic carbocycles. The molecule has 4 rings (SSSR count). The van der Waals surface area contributed by atoms with Crippen molar-refractivity contribution in [3.05, 3.63) is 100 Å². The zero-order valence-corrected chi connectivity index (χ0v) is 21.2. The lowest BCUT2D eigenvalue weighted by Gasteiger charge is -2.41. The number of amides is 2. The second-order valence-electron chi connectivity index (χ2n) is 8.91. The molecule has 1 aliphatic heterocycles. The highest BCUT2D eigenvalue weighted by Crippen LogP contribution is 2.38. The van der Waals surface area contributed by atoms with E-state index >= 15 is 0 Å². The van der Waals surface area contributed by atoms with E-state index in [4.69, 9.17) is 16.3 Å². The summed E-state index contributed by atoms with van der Waals surface area (Å²) in [5.41, 5.74) is 2.72. The quantitative estimate of drug-likeness (QED) is 0.388. The Morgan fingerprint density at radius 2 is 1.73 bits per heavy atom. The van der Waals surface area contributed by atoms with Gasteiger partial charge in [-0.3, -0.25) is 14.4 Å². The van der Waals surface area contributed by atoms with Gasteiger partial charge in [-0.05, 0) is 66.4 Å². The van der Waals surface area contributed by atoms with Gasteiger partial charge in [0.2, 0.25) is 5.91 Å². The molecular formula is C29H28ClFN2O4. The van der Waals surface area contributed by atoms with Crippen molar-refractivity contribution in [2.45, 2.75) is 44.7 Å². The highest BCUT2D eigenvalue weighted by Gasteiger charge is 2.37. The van der Waals surface area contributed by atoms with E-state index in [-0.39, 0.29) is 43.3 Å². The van der Waals surface area contributed by atoms with Gasteiger partial charge in [0.25, 0.3) is 5.91 Å². The molecule has 1 heterocycles. The average molecular weight is 523 g/mol. The molecule has 8 heteroatoms. The van der Waals surface area contributed by atoms with E-state index in [2.05, 4.69) is 5.32 Å². The third-order valence-corrected chi connectivity index (χ3v) is 6.62. The second-order valence-corrected chi connectivity index (χ2v) is 9.35. The Hall–Kier alpha value is -3.71. The maximum absolute atomic E-state index is 13.6.